The van der Waals surface area contributed by atoms with E-state index in [2.05, 4.69) is 0 Å². The molecule has 0 unspecified atom stereocenters. The zero-order valence-corrected chi connectivity index (χ0v) is 16.6. The standard InChI is InChI=1S/C20H19NO4S2/c1-3-24-15-8-6-14(7-9-15)21-19(23)18(27-20(21)26)12-13-5-10-16(22)17(11-13)25-4-2/h5-12,22H,3-4H2,1-2H3. The number of anilines is 1. The molecular formula is C20H19NO4S2. The Morgan fingerprint density at radius 2 is 1.81 bits per heavy atom. The number of aromatic hydroxyl groups is 1. The maximum Gasteiger partial charge on any atom is 0.270 e. The number of carbonyl (C=O) groups excluding carboxylic acids is 1. The predicted molar refractivity (Wildman–Crippen MR) is 113 cm³/mol. The van der Waals surface area contributed by atoms with Crippen LogP contribution in [0.1, 0.15) is 19.4 Å². The quantitative estimate of drug-likeness (QED) is 0.564. The molecule has 2 aromatic carbocycles. The summed E-state index contributed by atoms with van der Waals surface area (Å²) in [7, 11) is 0. The molecule has 1 saturated heterocycles. The average molecular weight is 402 g/mol. The number of thioether (sulfide) groups is 1. The number of rotatable bonds is 6. The zero-order chi connectivity index (χ0) is 19.4. The van der Waals surface area contributed by atoms with E-state index in [9.17, 15) is 9.90 Å². The van der Waals surface area contributed by atoms with Crippen molar-refractivity contribution in [2.45, 2.75) is 13.8 Å². The van der Waals surface area contributed by atoms with E-state index in [-0.39, 0.29) is 11.7 Å². The van der Waals surface area contributed by atoms with Crippen molar-refractivity contribution in [1.82, 2.24) is 0 Å². The number of carbonyl (C=O) groups is 1. The van der Waals surface area contributed by atoms with E-state index in [0.29, 0.717) is 33.9 Å². The minimum Gasteiger partial charge on any atom is -0.504 e. The van der Waals surface area contributed by atoms with Gasteiger partial charge in [0.1, 0.15) is 5.75 Å². The fraction of sp³-hybridized carbons (Fsp3) is 0.200. The lowest BCUT2D eigenvalue weighted by molar-refractivity contribution is -0.113. The fourth-order valence-electron chi connectivity index (χ4n) is 2.59. The van der Waals surface area contributed by atoms with Gasteiger partial charge in [-0.3, -0.25) is 9.69 Å². The Labute approximate surface area is 167 Å². The molecule has 7 heteroatoms. The van der Waals surface area contributed by atoms with Crippen molar-refractivity contribution in [2.75, 3.05) is 18.1 Å². The van der Waals surface area contributed by atoms with Gasteiger partial charge in [0, 0.05) is 0 Å². The van der Waals surface area contributed by atoms with Gasteiger partial charge in [-0.25, -0.2) is 0 Å². The summed E-state index contributed by atoms with van der Waals surface area (Å²) in [5.74, 6) is 1.01. The van der Waals surface area contributed by atoms with Crippen molar-refractivity contribution in [3.05, 3.63) is 52.9 Å². The summed E-state index contributed by atoms with van der Waals surface area (Å²) in [5.41, 5.74) is 1.45. The first-order valence-corrected chi connectivity index (χ1v) is 9.72. The largest absolute Gasteiger partial charge is 0.504 e. The summed E-state index contributed by atoms with van der Waals surface area (Å²) in [6, 6.07) is 12.2. The van der Waals surface area contributed by atoms with Crippen molar-refractivity contribution in [1.29, 1.82) is 0 Å². The molecule has 1 aliphatic heterocycles. The van der Waals surface area contributed by atoms with Crippen LogP contribution in [0.15, 0.2) is 47.4 Å². The smallest absolute Gasteiger partial charge is 0.270 e. The summed E-state index contributed by atoms with van der Waals surface area (Å²) in [6.07, 6.45) is 1.75. The molecule has 5 nitrogen and oxygen atoms in total. The Hall–Kier alpha value is -2.51. The van der Waals surface area contributed by atoms with Crippen LogP contribution in [-0.2, 0) is 4.79 Å². The van der Waals surface area contributed by atoms with Gasteiger partial charge in [0.05, 0.1) is 23.8 Å². The fourth-order valence-corrected chi connectivity index (χ4v) is 3.89. The van der Waals surface area contributed by atoms with Crippen LogP contribution in [0.25, 0.3) is 6.08 Å². The van der Waals surface area contributed by atoms with Crippen LogP contribution < -0.4 is 14.4 Å². The van der Waals surface area contributed by atoms with Crippen LogP contribution in [0.2, 0.25) is 0 Å². The minimum atomic E-state index is -0.180. The molecule has 1 N–H and O–H groups in total. The van der Waals surface area contributed by atoms with E-state index < -0.39 is 0 Å². The van der Waals surface area contributed by atoms with Crippen LogP contribution >= 0.6 is 24.0 Å². The topological polar surface area (TPSA) is 59.0 Å². The highest BCUT2D eigenvalue weighted by atomic mass is 32.2. The maximum absolute atomic E-state index is 12.8. The lowest BCUT2D eigenvalue weighted by Gasteiger charge is -2.15. The Balaban J connectivity index is 1.85. The molecule has 1 amide bonds. The molecule has 0 spiro atoms. The summed E-state index contributed by atoms with van der Waals surface area (Å²) in [4.78, 5) is 14.9. The van der Waals surface area contributed by atoms with Crippen molar-refractivity contribution in [3.8, 4) is 17.2 Å². The summed E-state index contributed by atoms with van der Waals surface area (Å²) in [5, 5.41) is 9.82. The number of nitrogens with zero attached hydrogens (tertiary/aromatic N) is 1. The van der Waals surface area contributed by atoms with Crippen molar-refractivity contribution in [2.24, 2.45) is 0 Å². The molecule has 0 aliphatic carbocycles. The molecule has 0 radical (unpaired) electrons. The number of amides is 1. The Morgan fingerprint density at radius 3 is 2.48 bits per heavy atom. The van der Waals surface area contributed by atoms with Crippen LogP contribution in [0.5, 0.6) is 17.2 Å². The van der Waals surface area contributed by atoms with Gasteiger partial charge < -0.3 is 14.6 Å². The number of benzene rings is 2. The van der Waals surface area contributed by atoms with Gasteiger partial charge in [0.15, 0.2) is 15.8 Å². The van der Waals surface area contributed by atoms with Gasteiger partial charge in [-0.05, 0) is 61.9 Å². The number of ether oxygens (including phenoxy) is 2. The Bertz CT molecular complexity index is 893. The summed E-state index contributed by atoms with van der Waals surface area (Å²) >= 11 is 6.64. The highest BCUT2D eigenvalue weighted by molar-refractivity contribution is 8.27. The molecule has 2 aromatic rings. The number of hydrogen-bond acceptors (Lipinski definition) is 6. The van der Waals surface area contributed by atoms with Crippen LogP contribution in [-0.4, -0.2) is 28.5 Å². The van der Waals surface area contributed by atoms with Gasteiger partial charge in [-0.15, -0.1) is 0 Å². The molecule has 3 rings (SSSR count). The normalized spacial score (nSPS) is 15.5. The van der Waals surface area contributed by atoms with Gasteiger partial charge in [0.2, 0.25) is 0 Å². The third-order valence-electron chi connectivity index (χ3n) is 3.78. The first kappa shape index (κ1) is 19.3. The molecular weight excluding hydrogens is 382 g/mol. The van der Waals surface area contributed by atoms with Gasteiger partial charge >= 0.3 is 0 Å². The number of phenols is 1. The SMILES string of the molecule is CCOc1ccc(N2C(=O)C(=Cc3ccc(O)c(OCC)c3)SC2=S)cc1. The van der Waals surface area contributed by atoms with E-state index in [1.807, 2.05) is 38.1 Å². The van der Waals surface area contributed by atoms with Crippen molar-refractivity contribution < 1.29 is 19.4 Å². The highest BCUT2D eigenvalue weighted by Crippen LogP contribution is 2.37. The third kappa shape index (κ3) is 4.26. The van der Waals surface area contributed by atoms with E-state index >= 15 is 0 Å². The number of hydrogen-bond donors (Lipinski definition) is 1. The molecule has 0 aromatic heterocycles. The average Bonchev–Trinajstić information content (AvgIpc) is 2.93. The number of phenolic OH excluding ortho intramolecular Hbond substituents is 1. The first-order chi connectivity index (χ1) is 13.0. The second kappa shape index (κ2) is 8.45. The Morgan fingerprint density at radius 1 is 1.11 bits per heavy atom. The molecule has 1 aliphatic rings. The number of thiocarbonyl (C=S) groups is 1. The third-order valence-corrected chi connectivity index (χ3v) is 5.08. The molecule has 0 bridgehead atoms. The van der Waals surface area contributed by atoms with Crippen LogP contribution in [0.4, 0.5) is 5.69 Å². The second-order valence-corrected chi connectivity index (χ2v) is 7.28. The van der Waals surface area contributed by atoms with E-state index in [0.717, 1.165) is 11.3 Å². The molecule has 27 heavy (non-hydrogen) atoms. The lowest BCUT2D eigenvalue weighted by Crippen LogP contribution is -2.27. The zero-order valence-electron chi connectivity index (χ0n) is 15.0. The van der Waals surface area contributed by atoms with Crippen molar-refractivity contribution in [3.63, 3.8) is 0 Å². The Kier molecular flexibility index (Phi) is 6.03. The second-order valence-electron chi connectivity index (χ2n) is 5.60. The highest BCUT2D eigenvalue weighted by Gasteiger charge is 2.33. The van der Waals surface area contributed by atoms with Crippen molar-refractivity contribution >= 4 is 46.0 Å². The molecule has 1 fully saturated rings. The van der Waals surface area contributed by atoms with Gasteiger partial charge in [-0.2, -0.15) is 0 Å². The first-order valence-electron chi connectivity index (χ1n) is 8.50. The van der Waals surface area contributed by atoms with E-state index in [1.54, 1.807) is 24.3 Å². The lowest BCUT2D eigenvalue weighted by atomic mass is 10.2. The maximum atomic E-state index is 12.8. The monoisotopic (exact) mass is 401 g/mol. The molecule has 0 saturated carbocycles. The molecule has 140 valence electrons. The van der Waals surface area contributed by atoms with Gasteiger partial charge in [0.25, 0.3) is 5.91 Å². The molecule has 1 heterocycles. The minimum absolute atomic E-state index is 0.0657. The van der Waals surface area contributed by atoms with Crippen LogP contribution in [0.3, 0.4) is 0 Å². The van der Waals surface area contributed by atoms with Gasteiger partial charge in [-0.1, -0.05) is 30.0 Å². The summed E-state index contributed by atoms with van der Waals surface area (Å²) in [6.45, 7) is 4.78. The van der Waals surface area contributed by atoms with Crippen LogP contribution in [0, 0.1) is 0 Å². The molecule has 0 atom stereocenters. The van der Waals surface area contributed by atoms with E-state index in [1.165, 1.54) is 16.7 Å². The summed E-state index contributed by atoms with van der Waals surface area (Å²) < 4.78 is 11.3. The van der Waals surface area contributed by atoms with E-state index in [4.69, 9.17) is 21.7 Å². The predicted octanol–water partition coefficient (Wildman–Crippen LogP) is 4.60.